The van der Waals surface area contributed by atoms with E-state index in [4.69, 9.17) is 17.2 Å². The van der Waals surface area contributed by atoms with Crippen molar-refractivity contribution in [2.45, 2.75) is 101 Å². The topological polar surface area (TPSA) is 264 Å². The van der Waals surface area contributed by atoms with Crippen molar-refractivity contribution in [3.8, 4) is 5.75 Å². The van der Waals surface area contributed by atoms with Crippen LogP contribution in [-0.2, 0) is 30.4 Å². The van der Waals surface area contributed by atoms with E-state index < -0.39 is 65.8 Å². The molecule has 1 aliphatic heterocycles. The van der Waals surface area contributed by atoms with Gasteiger partial charge in [0.25, 0.3) is 0 Å². The number of nitrogens with two attached hydrogens (primary N) is 3. The molecule has 6 atom stereocenters. The summed E-state index contributed by atoms with van der Waals surface area (Å²) in [5, 5.41) is 33.6. The highest BCUT2D eigenvalue weighted by Crippen LogP contribution is 2.13. The molecule has 1 aromatic carbocycles. The first-order valence-corrected chi connectivity index (χ1v) is 16.6. The van der Waals surface area contributed by atoms with Crippen molar-refractivity contribution >= 4 is 29.6 Å². The summed E-state index contributed by atoms with van der Waals surface area (Å²) in [6, 6.07) is 0.679. The van der Waals surface area contributed by atoms with Gasteiger partial charge in [-0.1, -0.05) is 38.1 Å². The van der Waals surface area contributed by atoms with Gasteiger partial charge in [0.15, 0.2) is 0 Å². The zero-order chi connectivity index (χ0) is 35.6. The highest BCUT2D eigenvalue weighted by Gasteiger charge is 2.30. The van der Waals surface area contributed by atoms with Crippen LogP contribution in [0.25, 0.3) is 0 Å². The van der Waals surface area contributed by atoms with Crippen LogP contribution < -0.4 is 43.8 Å². The first-order valence-electron chi connectivity index (χ1n) is 16.6. The number of rotatable bonds is 15. The van der Waals surface area contributed by atoms with Gasteiger partial charge in [0.2, 0.25) is 23.6 Å². The largest absolute Gasteiger partial charge is 0.508 e. The minimum absolute atomic E-state index is 0.0142. The second-order valence-electron chi connectivity index (χ2n) is 12.6. The number of unbranched alkanes of at least 4 members (excludes halogenated alkanes) is 1. The highest BCUT2D eigenvalue weighted by atomic mass is 16.4. The van der Waals surface area contributed by atoms with Gasteiger partial charge in [-0.3, -0.25) is 19.2 Å². The van der Waals surface area contributed by atoms with Crippen LogP contribution in [0.5, 0.6) is 5.75 Å². The Morgan fingerprint density at radius 3 is 2.23 bits per heavy atom. The van der Waals surface area contributed by atoms with Gasteiger partial charge in [-0.15, -0.1) is 0 Å². The van der Waals surface area contributed by atoms with E-state index in [-0.39, 0.29) is 50.4 Å². The van der Waals surface area contributed by atoms with Crippen molar-refractivity contribution in [3.05, 3.63) is 42.0 Å². The zero-order valence-electron chi connectivity index (χ0n) is 28.0. The van der Waals surface area contributed by atoms with Gasteiger partial charge in [-0.2, -0.15) is 0 Å². The molecular formula is C33H54N8O7. The average Bonchev–Trinajstić information content (AvgIpc) is 3.03. The van der Waals surface area contributed by atoms with Crippen LogP contribution in [0.2, 0.25) is 0 Å². The SMILES string of the molecule is CC(C)C[C@H](NC(=O)[C@H](Cc1ccc(O)cc1)NC(=O)[C@@H]1C/C=C/C[C@H](N)C(=O)N[C@@H](CCCCN)C(=O)N[C@@H](CCN)CN1)C(=O)O. The summed E-state index contributed by atoms with van der Waals surface area (Å²) < 4.78 is 0. The first kappa shape index (κ1) is 40.1. The molecule has 268 valence electrons. The molecule has 0 aromatic heterocycles. The fourth-order valence-corrected chi connectivity index (χ4v) is 5.23. The maximum absolute atomic E-state index is 13.8. The number of carbonyl (C=O) groups excluding carboxylic acids is 4. The maximum atomic E-state index is 13.8. The fraction of sp³-hybridized carbons (Fsp3) is 0.606. The number of carboxylic acids is 1. The number of benzene rings is 1. The molecule has 48 heavy (non-hydrogen) atoms. The number of aromatic hydroxyl groups is 1. The molecule has 15 heteroatoms. The van der Waals surface area contributed by atoms with E-state index in [0.717, 1.165) is 0 Å². The van der Waals surface area contributed by atoms with Crippen molar-refractivity contribution < 1.29 is 34.2 Å². The van der Waals surface area contributed by atoms with Crippen molar-refractivity contribution in [1.29, 1.82) is 0 Å². The number of carbonyl (C=O) groups is 5. The lowest BCUT2D eigenvalue weighted by molar-refractivity contribution is -0.142. The second kappa shape index (κ2) is 21.0. The lowest BCUT2D eigenvalue weighted by atomic mass is 10.0. The number of carboxylic acid groups (broad SMARTS) is 1. The zero-order valence-corrected chi connectivity index (χ0v) is 28.0. The Kier molecular flexibility index (Phi) is 17.6. The number of phenolic OH excluding ortho intramolecular Hbond substituents is 1. The number of phenols is 1. The predicted molar refractivity (Wildman–Crippen MR) is 181 cm³/mol. The van der Waals surface area contributed by atoms with Crippen molar-refractivity contribution in [2.24, 2.45) is 23.1 Å². The summed E-state index contributed by atoms with van der Waals surface area (Å²) in [6.07, 6.45) is 5.98. The Morgan fingerprint density at radius 2 is 1.60 bits per heavy atom. The molecule has 0 aliphatic carbocycles. The fourth-order valence-electron chi connectivity index (χ4n) is 5.23. The van der Waals surface area contributed by atoms with Gasteiger partial charge in [0.05, 0.1) is 12.1 Å². The first-order chi connectivity index (χ1) is 22.8. The van der Waals surface area contributed by atoms with Gasteiger partial charge in [0, 0.05) is 19.0 Å². The third-order valence-electron chi connectivity index (χ3n) is 7.96. The van der Waals surface area contributed by atoms with E-state index in [2.05, 4.69) is 26.6 Å². The summed E-state index contributed by atoms with van der Waals surface area (Å²) in [5.74, 6) is -3.27. The molecule has 1 heterocycles. The van der Waals surface area contributed by atoms with Crippen molar-refractivity contribution in [3.63, 3.8) is 0 Å². The number of aliphatic carboxylic acids is 1. The van der Waals surface area contributed by atoms with Gasteiger partial charge >= 0.3 is 5.97 Å². The average molecular weight is 675 g/mol. The van der Waals surface area contributed by atoms with Crippen LogP contribution in [-0.4, -0.2) is 95.7 Å². The van der Waals surface area contributed by atoms with Crippen molar-refractivity contribution in [1.82, 2.24) is 26.6 Å². The van der Waals surface area contributed by atoms with Gasteiger partial charge in [-0.05, 0) is 81.6 Å². The lowest BCUT2D eigenvalue weighted by Gasteiger charge is -2.28. The van der Waals surface area contributed by atoms with Gasteiger partial charge in [-0.25, -0.2) is 4.79 Å². The summed E-state index contributed by atoms with van der Waals surface area (Å²) >= 11 is 0. The van der Waals surface area contributed by atoms with E-state index in [9.17, 15) is 34.2 Å². The molecule has 13 N–H and O–H groups in total. The number of hydrogen-bond donors (Lipinski definition) is 10. The van der Waals surface area contributed by atoms with E-state index >= 15 is 0 Å². The molecule has 0 saturated heterocycles. The smallest absolute Gasteiger partial charge is 0.326 e. The molecule has 0 unspecified atom stereocenters. The Morgan fingerprint density at radius 1 is 0.917 bits per heavy atom. The van der Waals surface area contributed by atoms with Crippen LogP contribution in [0.1, 0.15) is 64.4 Å². The Labute approximate surface area is 282 Å². The molecular weight excluding hydrogens is 620 g/mol. The third-order valence-corrected chi connectivity index (χ3v) is 7.96. The summed E-state index contributed by atoms with van der Waals surface area (Å²) in [5.41, 5.74) is 18.2. The minimum atomic E-state index is -1.19. The maximum Gasteiger partial charge on any atom is 0.326 e. The minimum Gasteiger partial charge on any atom is -0.508 e. The van der Waals surface area contributed by atoms with E-state index in [1.165, 1.54) is 12.1 Å². The van der Waals surface area contributed by atoms with Gasteiger partial charge in [0.1, 0.15) is 23.9 Å². The Hall–Kier alpha value is -4.05. The second-order valence-corrected chi connectivity index (χ2v) is 12.6. The quantitative estimate of drug-likeness (QED) is 0.0806. The van der Waals surface area contributed by atoms with Crippen molar-refractivity contribution in [2.75, 3.05) is 19.6 Å². The number of hydrogen-bond acceptors (Lipinski definition) is 10. The summed E-state index contributed by atoms with van der Waals surface area (Å²) in [6.45, 7) is 4.53. The van der Waals surface area contributed by atoms with E-state index in [0.29, 0.717) is 37.8 Å². The Bertz CT molecular complexity index is 1230. The van der Waals surface area contributed by atoms with Gasteiger partial charge < -0.3 is 54.0 Å². The predicted octanol–water partition coefficient (Wildman–Crippen LogP) is -0.882. The lowest BCUT2D eigenvalue weighted by Crippen LogP contribution is -2.58. The van der Waals surface area contributed by atoms with Crippen LogP contribution >= 0.6 is 0 Å². The molecule has 0 radical (unpaired) electrons. The molecule has 4 amide bonds. The van der Waals surface area contributed by atoms with E-state index in [1.54, 1.807) is 24.3 Å². The molecule has 0 saturated carbocycles. The van der Waals surface area contributed by atoms with Crippen LogP contribution in [0.4, 0.5) is 0 Å². The van der Waals surface area contributed by atoms with E-state index in [1.807, 2.05) is 13.8 Å². The van der Waals surface area contributed by atoms with Crippen LogP contribution in [0.3, 0.4) is 0 Å². The number of nitrogens with one attached hydrogen (secondary N) is 5. The molecule has 1 aromatic rings. The summed E-state index contributed by atoms with van der Waals surface area (Å²) in [7, 11) is 0. The van der Waals surface area contributed by atoms with Crippen LogP contribution in [0.15, 0.2) is 36.4 Å². The standard InChI is InChI=1S/C33H54N8O7/c1-20(2)17-28(33(47)48)41-32(46)27(18-21-10-12-23(42)13-11-21)40-30(44)25-8-4-3-7-24(36)29(43)39-26(9-5-6-15-34)31(45)38-22(14-16-35)19-37-25/h3-4,10-13,20,22,24-28,37,42H,5-9,14-19,34-36H2,1-2H3,(H,38,45)(H,39,43)(H,40,44)(H,41,46)(H,47,48)/b4-3+/t22-,24-,25-,26-,27-,28-/m0/s1. The Balaban J connectivity index is 2.33. The molecule has 0 spiro atoms. The molecule has 0 bridgehead atoms. The molecule has 2 rings (SSSR count). The summed E-state index contributed by atoms with van der Waals surface area (Å²) in [4.78, 5) is 65.3. The number of amides is 4. The normalized spacial score (nSPS) is 22.8. The molecule has 1 aliphatic rings. The monoisotopic (exact) mass is 674 g/mol. The van der Waals surface area contributed by atoms with Crippen LogP contribution in [0, 0.1) is 5.92 Å². The molecule has 15 nitrogen and oxygen atoms in total. The third kappa shape index (κ3) is 14.4. The highest BCUT2D eigenvalue weighted by molar-refractivity contribution is 5.92. The molecule has 0 fully saturated rings.